The van der Waals surface area contributed by atoms with Crippen molar-refractivity contribution < 1.29 is 120 Å². The summed E-state index contributed by atoms with van der Waals surface area (Å²) in [5, 5.41) is 7.28. The molecule has 0 saturated carbocycles. The van der Waals surface area contributed by atoms with Crippen LogP contribution >= 0.6 is 0 Å². The maximum Gasteiger partial charge on any atom is 0.294 e. The number of carbonyl (C=O) groups excluding carboxylic acids is 2. The van der Waals surface area contributed by atoms with E-state index in [1.165, 1.54) is 65.8 Å². The van der Waals surface area contributed by atoms with Gasteiger partial charge in [-0.1, -0.05) is 115 Å². The second-order valence-corrected chi connectivity index (χ2v) is 49.2. The number of hydrogen-bond acceptors (Lipinski definition) is 21. The first-order valence-corrected chi connectivity index (χ1v) is 59.4. The molecular weight excluding hydrogens is 2000 g/mol. The molecular formula is C109H138FN7O24S6+2. The zero-order valence-electron chi connectivity index (χ0n) is 85.1. The molecule has 4 heterocycles. The molecule has 147 heavy (non-hydrogen) atoms. The highest BCUT2D eigenvalue weighted by atomic mass is 32.2. The normalized spacial score (nSPS) is 18.4. The van der Waals surface area contributed by atoms with E-state index in [4.69, 9.17) is 18.9 Å². The lowest BCUT2D eigenvalue weighted by Gasteiger charge is -2.30. The lowest BCUT2D eigenvalue weighted by molar-refractivity contribution is -0.438. The maximum absolute atomic E-state index is 17.0. The molecule has 1 unspecified atom stereocenters. The molecule has 794 valence electrons. The number of unbranched alkanes of at least 4 members (excludes halogenated alkanes) is 3. The molecule has 7 aromatic carbocycles. The van der Waals surface area contributed by atoms with Crippen molar-refractivity contribution in [3.8, 4) is 5.75 Å². The smallest absolute Gasteiger partial charge is 0.294 e. The minimum Gasteiger partial charge on any atom is -0.457 e. The molecule has 2 aliphatic carbocycles. The van der Waals surface area contributed by atoms with Crippen molar-refractivity contribution >= 4 is 129 Å². The number of para-hydroxylation sites is 1. The molecule has 8 N–H and O–H groups in total. The Bertz CT molecular complexity index is 7140. The number of fused-ring (bicyclic) bond motifs is 6. The predicted molar refractivity (Wildman–Crippen MR) is 570 cm³/mol. The van der Waals surface area contributed by atoms with Gasteiger partial charge in [0.15, 0.2) is 11.4 Å². The van der Waals surface area contributed by atoms with Crippen LogP contribution < -0.4 is 30.1 Å². The molecule has 0 fully saturated rings. The second kappa shape index (κ2) is 48.2. The average molecular weight is 2140 g/mol. The molecule has 0 bridgehead atoms. The van der Waals surface area contributed by atoms with Crippen LogP contribution in [-0.4, -0.2) is 219 Å². The number of halogens is 1. The molecule has 4 aliphatic heterocycles. The fourth-order valence-electron chi connectivity index (χ4n) is 20.9. The Morgan fingerprint density at radius 2 is 1.01 bits per heavy atom. The summed E-state index contributed by atoms with van der Waals surface area (Å²) >= 11 is 0. The monoisotopic (exact) mass is 2140 g/mol. The van der Waals surface area contributed by atoms with Crippen molar-refractivity contribution in [2.45, 2.75) is 215 Å². The standard InChI is InChI=1S/C109H136FN7O24S6/c1-11-13-59-115-93-32-19-17-30-89(93)106(3,4)97(115)50-36-77-27-21-28-78(104(77)141-83-41-44-84(45-42-83)145(129,130)131)37-51-99-108(7,8)91-75-86(147(135,136)137)46-49-95(91)116(99)60-20-14-15-33-101(118)111-54-22-62-138-64-66-140-67-65-139-63-23-55-112-105(119)81-71-79(38-52-98-107(5,6)90-73-82(40-48-94(90)114(98)56-12-2)113(57-24-68-142(120,121)122)58-25-69-143(123,124)125)102(87-29-16-18-31-92(87)110)80(72-81)39-53-100-109(9,10)103-88-74-85(146(132,133)134)43-34-76(88)35-47-96(103)117(100)61-26-70-144(126,127)128/h16-19,29-32,34-53,73-75,81H,11-15,20-28,33,54-72H2,1-10H3,(H6-2,111,112,118,119,120,121,122,123,124,125,126,127,128,129,130,131,132,133,134,135,136,137)/p+2. The fourth-order valence-corrected chi connectivity index (χ4v) is 23.8. The van der Waals surface area contributed by atoms with Crippen molar-refractivity contribution in [2.24, 2.45) is 5.92 Å². The van der Waals surface area contributed by atoms with Crippen LogP contribution in [0.2, 0.25) is 0 Å². The number of allylic oxidation sites excluding steroid dienone is 15. The van der Waals surface area contributed by atoms with E-state index in [1.54, 1.807) is 36.4 Å². The number of carbonyl (C=O) groups is 2. The van der Waals surface area contributed by atoms with Crippen LogP contribution in [-0.2, 0) is 106 Å². The number of amides is 2. The highest BCUT2D eigenvalue weighted by Gasteiger charge is 2.49. The summed E-state index contributed by atoms with van der Waals surface area (Å²) < 4.78 is 252. The molecule has 0 aromatic heterocycles. The Morgan fingerprint density at radius 3 is 1.63 bits per heavy atom. The number of rotatable bonds is 51. The number of nitrogens with zero attached hydrogens (tertiary/aromatic N) is 5. The van der Waals surface area contributed by atoms with Gasteiger partial charge in [-0.3, -0.25) is 36.9 Å². The molecule has 31 nitrogen and oxygen atoms in total. The number of anilines is 3. The second-order valence-electron chi connectivity index (χ2n) is 40.2. The molecule has 1 atom stereocenters. The Hall–Kier alpha value is -10.5. The van der Waals surface area contributed by atoms with E-state index in [0.717, 1.165) is 71.0 Å². The minimum atomic E-state index is -4.68. The molecule has 0 spiro atoms. The van der Waals surface area contributed by atoms with Gasteiger partial charge in [0, 0.05) is 158 Å². The van der Waals surface area contributed by atoms with Crippen molar-refractivity contribution in [2.75, 3.05) is 124 Å². The van der Waals surface area contributed by atoms with Gasteiger partial charge in [0.25, 0.3) is 60.7 Å². The highest BCUT2D eigenvalue weighted by Crippen LogP contribution is 2.53. The Balaban J connectivity index is 0.626. The van der Waals surface area contributed by atoms with Crippen molar-refractivity contribution in [3.63, 3.8) is 0 Å². The van der Waals surface area contributed by atoms with Gasteiger partial charge >= 0.3 is 0 Å². The molecule has 0 radical (unpaired) electrons. The van der Waals surface area contributed by atoms with Crippen LogP contribution in [0, 0.1) is 11.7 Å². The summed E-state index contributed by atoms with van der Waals surface area (Å²) in [5.41, 5.74) is 11.9. The van der Waals surface area contributed by atoms with Gasteiger partial charge in [-0.2, -0.15) is 59.7 Å². The topological polar surface area (TPSA) is 437 Å². The van der Waals surface area contributed by atoms with E-state index in [9.17, 15) is 87.4 Å². The molecule has 7 aromatic rings. The van der Waals surface area contributed by atoms with Crippen molar-refractivity contribution in [1.29, 1.82) is 0 Å². The molecule has 0 saturated heterocycles. The first-order chi connectivity index (χ1) is 69.4. The predicted octanol–water partition coefficient (Wildman–Crippen LogP) is 18.4. The Kier molecular flexibility index (Phi) is 37.2. The number of benzene rings is 7. The summed E-state index contributed by atoms with van der Waals surface area (Å²) in [6.45, 7) is 25.2. The van der Waals surface area contributed by atoms with E-state index in [2.05, 4.69) is 82.2 Å². The summed E-state index contributed by atoms with van der Waals surface area (Å²) in [5.74, 6) is -2.39. The summed E-state index contributed by atoms with van der Waals surface area (Å²) in [7, 11) is -26.8. The van der Waals surface area contributed by atoms with Crippen LogP contribution in [0.15, 0.2) is 242 Å². The summed E-state index contributed by atoms with van der Waals surface area (Å²) in [4.78, 5) is 33.5. The quantitative estimate of drug-likeness (QED) is 0.00997. The third kappa shape index (κ3) is 28.4. The van der Waals surface area contributed by atoms with Crippen molar-refractivity contribution in [1.82, 2.24) is 10.6 Å². The van der Waals surface area contributed by atoms with Crippen LogP contribution in [0.3, 0.4) is 0 Å². The Morgan fingerprint density at radius 1 is 0.476 bits per heavy atom. The average Bonchev–Trinajstić information content (AvgIpc) is 1.56. The fraction of sp³-hybridized carbons (Fsp3) is 0.450. The SMILES string of the molecule is CCCC[N+]1=C(C=CC2=C(Oc3ccc(S(=O)(=O)O)cc3)C(=CC=C3N(CCCCCC(=O)NCCCOCCOCCOCCCNC(=O)C4CC(/C=C/C5=[N+](CCCS(=O)(=O)O)c6ccc7ccc(S(=O)(=O)O)cc7c6C5(C)C)=C(c5ccccc5F)C(=C/C=C5/N(CCC)c6ccc(N(CCCS(=O)(=O)O)CCCS(=O)(=O)O)cc6C5(C)C)/C4)c4ccc(S(=O)(=O)O)cc4C3(C)C)CCC2)C(C)(C)c2ccccc21. The summed E-state index contributed by atoms with van der Waals surface area (Å²) in [6.07, 6.45) is 24.3. The number of ether oxygens (including phenoxy) is 4. The van der Waals surface area contributed by atoms with Crippen LogP contribution in [0.25, 0.3) is 16.3 Å². The molecule has 6 aliphatic rings. The third-order valence-electron chi connectivity index (χ3n) is 28.2. The zero-order valence-corrected chi connectivity index (χ0v) is 90.0. The van der Waals surface area contributed by atoms with Crippen molar-refractivity contribution in [3.05, 3.63) is 261 Å². The van der Waals surface area contributed by atoms with Crippen LogP contribution in [0.1, 0.15) is 206 Å². The lowest BCUT2D eigenvalue weighted by atomic mass is 9.75. The van der Waals surface area contributed by atoms with Gasteiger partial charge in [0.1, 0.15) is 30.4 Å². The number of hydrogen-bond donors (Lipinski definition) is 8. The van der Waals surface area contributed by atoms with E-state index in [1.807, 2.05) is 119 Å². The largest absolute Gasteiger partial charge is 0.457 e. The Labute approximate surface area is 864 Å². The van der Waals surface area contributed by atoms with E-state index in [-0.39, 0.29) is 122 Å². The van der Waals surface area contributed by atoms with Crippen LogP contribution in [0.5, 0.6) is 5.75 Å². The van der Waals surface area contributed by atoms with Gasteiger partial charge in [0.2, 0.25) is 23.2 Å². The van der Waals surface area contributed by atoms with Crippen LogP contribution in [0.4, 0.5) is 32.8 Å². The van der Waals surface area contributed by atoms with Gasteiger partial charge in [-0.25, -0.2) is 4.39 Å². The van der Waals surface area contributed by atoms with E-state index >= 15 is 4.39 Å². The maximum atomic E-state index is 17.0. The van der Waals surface area contributed by atoms with E-state index < -0.39 is 106 Å². The first kappa shape index (κ1) is 114. The summed E-state index contributed by atoms with van der Waals surface area (Å²) in [6, 6.07) is 38.7. The van der Waals surface area contributed by atoms with Gasteiger partial charge in [-0.15, -0.1) is 0 Å². The zero-order chi connectivity index (χ0) is 106. The van der Waals surface area contributed by atoms with Gasteiger partial charge in [0.05, 0.1) is 69.2 Å². The molecule has 2 amide bonds. The molecule has 38 heteroatoms. The third-order valence-corrected chi connectivity index (χ3v) is 33.2. The van der Waals surface area contributed by atoms with E-state index in [0.29, 0.717) is 158 Å². The number of nitrogens with one attached hydrogen (secondary N) is 2. The molecule has 13 rings (SSSR count). The van der Waals surface area contributed by atoms with Gasteiger partial charge < -0.3 is 44.3 Å². The van der Waals surface area contributed by atoms with Gasteiger partial charge in [-0.05, 0) is 258 Å². The lowest BCUT2D eigenvalue weighted by Crippen LogP contribution is -2.34. The highest BCUT2D eigenvalue weighted by molar-refractivity contribution is 7.87. The first-order valence-electron chi connectivity index (χ1n) is 50.2. The minimum absolute atomic E-state index is 0.0103.